The number of benzene rings is 2. The van der Waals surface area contributed by atoms with E-state index in [2.05, 4.69) is 36.5 Å². The smallest absolute Gasteiger partial charge is 0.264 e. The van der Waals surface area contributed by atoms with Gasteiger partial charge in [-0.3, -0.25) is 0 Å². The molecule has 0 fully saturated rings. The molecule has 0 spiro atoms. The molecule has 1 N–H and O–H groups in total. The molecule has 0 radical (unpaired) electrons. The fourth-order valence-electron chi connectivity index (χ4n) is 3.53. The first-order chi connectivity index (χ1) is 14.0. The maximum absolute atomic E-state index is 12.8. The summed E-state index contributed by atoms with van der Waals surface area (Å²) in [5.41, 5.74) is 3.14. The highest BCUT2D eigenvalue weighted by molar-refractivity contribution is 7.92. The van der Waals surface area contributed by atoms with E-state index < -0.39 is 18.1 Å². The van der Waals surface area contributed by atoms with Gasteiger partial charge >= 0.3 is 0 Å². The molecule has 1 unspecified atom stereocenters. The van der Waals surface area contributed by atoms with Crippen molar-refractivity contribution in [2.45, 2.75) is 37.0 Å². The Morgan fingerprint density at radius 3 is 2.17 bits per heavy atom. The van der Waals surface area contributed by atoms with Gasteiger partial charge in [0.1, 0.15) is 5.75 Å². The summed E-state index contributed by atoms with van der Waals surface area (Å²) in [5.74, 6) is 1.11. The molecule has 1 atom stereocenters. The number of hydrogen-bond donors (Lipinski definition) is 1. The number of anilines is 1. The average Bonchev–Trinajstić information content (AvgIpc) is 3.00. The molecule has 6 nitrogen and oxygen atoms in total. The largest absolute Gasteiger partial charge is 0.497 e. The fraction of sp³-hybridized carbons (Fsp3) is 0.318. The van der Waals surface area contributed by atoms with E-state index >= 15 is 0 Å². The zero-order valence-electron chi connectivity index (χ0n) is 18.3. The van der Waals surface area contributed by atoms with Gasteiger partial charge in [-0.1, -0.05) is 49.5 Å². The number of aromatic nitrogens is 2. The van der Waals surface area contributed by atoms with Crippen LogP contribution in [0.3, 0.4) is 0 Å². The third kappa shape index (κ3) is 4.76. The Kier molecular flexibility index (Phi) is 6.10. The van der Waals surface area contributed by atoms with Crippen molar-refractivity contribution in [3.63, 3.8) is 0 Å². The van der Waals surface area contributed by atoms with Crippen molar-refractivity contribution in [3.05, 3.63) is 71.5 Å². The summed E-state index contributed by atoms with van der Waals surface area (Å²) in [6, 6.07) is 14.8. The monoisotopic (exact) mass is 443 g/mol. The Morgan fingerprint density at radius 2 is 1.63 bits per heavy atom. The number of rotatable bonds is 7. The molecule has 0 bridgehead atoms. The van der Waals surface area contributed by atoms with Crippen LogP contribution >= 0.6 is 0 Å². The lowest BCUT2D eigenvalue weighted by atomic mass is 10.1. The summed E-state index contributed by atoms with van der Waals surface area (Å²) in [6.45, 7) is 8.77. The number of hydrogen-bond acceptors (Lipinski definition) is 4. The molecule has 0 amide bonds. The molecular formula is C22H29N3O3SSi. The van der Waals surface area contributed by atoms with Crippen LogP contribution < -0.4 is 9.46 Å². The molecule has 1 heterocycles. The van der Waals surface area contributed by atoms with Crippen LogP contribution in [0.1, 0.15) is 22.4 Å². The second kappa shape index (κ2) is 8.27. The van der Waals surface area contributed by atoms with E-state index in [1.807, 2.05) is 25.3 Å². The van der Waals surface area contributed by atoms with Gasteiger partial charge in [-0.15, -0.1) is 0 Å². The van der Waals surface area contributed by atoms with Crippen LogP contribution in [-0.2, 0) is 17.1 Å². The van der Waals surface area contributed by atoms with Crippen LogP contribution in [0.5, 0.6) is 5.75 Å². The summed E-state index contributed by atoms with van der Waals surface area (Å²) < 4.78 is 35.3. The summed E-state index contributed by atoms with van der Waals surface area (Å²) in [7, 11) is -1.99. The minimum absolute atomic E-state index is 0.118. The number of ether oxygens (including phenoxy) is 1. The van der Waals surface area contributed by atoms with E-state index in [4.69, 9.17) is 9.72 Å². The van der Waals surface area contributed by atoms with Crippen LogP contribution in [0.15, 0.2) is 59.6 Å². The quantitative estimate of drug-likeness (QED) is 0.544. The maximum atomic E-state index is 12.8. The molecule has 0 saturated carbocycles. The Hall–Kier alpha value is -2.58. The van der Waals surface area contributed by atoms with Gasteiger partial charge in [0.2, 0.25) is 5.95 Å². The van der Waals surface area contributed by atoms with E-state index in [9.17, 15) is 8.42 Å². The van der Waals surface area contributed by atoms with E-state index in [1.54, 1.807) is 43.0 Å². The molecule has 160 valence electrons. The SMILES string of the molecule is COc1ccc(C(c2cn(C)c(NS(=O)(=O)c3ccc(C)cc3)n2)[Si](C)(C)C)cc1. The average molecular weight is 444 g/mol. The molecule has 0 aliphatic rings. The lowest BCUT2D eigenvalue weighted by Gasteiger charge is -2.28. The maximum Gasteiger partial charge on any atom is 0.264 e. The third-order valence-electron chi connectivity index (χ3n) is 5.06. The molecule has 0 saturated heterocycles. The molecular weight excluding hydrogens is 414 g/mol. The molecule has 8 heteroatoms. The van der Waals surface area contributed by atoms with Gasteiger partial charge in [0.25, 0.3) is 10.0 Å². The van der Waals surface area contributed by atoms with Gasteiger partial charge in [-0.05, 0) is 36.8 Å². The standard InChI is InChI=1S/C22H29N3O3SSi/c1-16-7-13-19(14-8-16)29(26,27)24-22-23-20(15-25(22)2)21(30(4,5)6)17-9-11-18(28-3)12-10-17/h7-15,21H,1-6H3,(H,23,24). The molecule has 3 aromatic rings. The van der Waals surface area contributed by atoms with Gasteiger partial charge in [0.15, 0.2) is 0 Å². The predicted octanol–water partition coefficient (Wildman–Crippen LogP) is 4.55. The number of nitrogens with one attached hydrogen (secondary N) is 1. The van der Waals surface area contributed by atoms with E-state index in [1.165, 1.54) is 0 Å². The number of aryl methyl sites for hydroxylation is 2. The highest BCUT2D eigenvalue weighted by atomic mass is 32.2. The van der Waals surface area contributed by atoms with Gasteiger partial charge < -0.3 is 9.30 Å². The zero-order chi connectivity index (χ0) is 22.1. The van der Waals surface area contributed by atoms with Crippen molar-refractivity contribution in [2.75, 3.05) is 11.8 Å². The first kappa shape index (κ1) is 22.1. The predicted molar refractivity (Wildman–Crippen MR) is 123 cm³/mol. The first-order valence-electron chi connectivity index (χ1n) is 9.78. The van der Waals surface area contributed by atoms with Crippen molar-refractivity contribution in [3.8, 4) is 5.75 Å². The number of sulfonamides is 1. The van der Waals surface area contributed by atoms with Gasteiger partial charge in [0.05, 0.1) is 25.8 Å². The highest BCUT2D eigenvalue weighted by Gasteiger charge is 2.32. The summed E-state index contributed by atoms with van der Waals surface area (Å²) in [6.07, 6.45) is 1.92. The summed E-state index contributed by atoms with van der Waals surface area (Å²) in [4.78, 5) is 4.92. The Bertz CT molecular complexity index is 1120. The molecule has 30 heavy (non-hydrogen) atoms. The molecule has 0 aliphatic carbocycles. The Morgan fingerprint density at radius 1 is 1.03 bits per heavy atom. The van der Waals surface area contributed by atoms with Crippen LogP contribution in [0.2, 0.25) is 19.6 Å². The van der Waals surface area contributed by atoms with Crippen LogP contribution in [0, 0.1) is 6.92 Å². The molecule has 3 rings (SSSR count). The number of methoxy groups -OCH3 is 1. The summed E-state index contributed by atoms with van der Waals surface area (Å²) >= 11 is 0. The molecule has 2 aromatic carbocycles. The van der Waals surface area contributed by atoms with E-state index in [-0.39, 0.29) is 10.4 Å². The van der Waals surface area contributed by atoms with Crippen molar-refractivity contribution in [1.82, 2.24) is 9.55 Å². The summed E-state index contributed by atoms with van der Waals surface area (Å²) in [5, 5.41) is 0. The second-order valence-electron chi connectivity index (χ2n) is 8.59. The normalized spacial score (nSPS) is 13.1. The van der Waals surface area contributed by atoms with Gasteiger partial charge in [-0.2, -0.15) is 0 Å². The van der Waals surface area contributed by atoms with Crippen LogP contribution in [-0.4, -0.2) is 33.2 Å². The van der Waals surface area contributed by atoms with E-state index in [0.29, 0.717) is 5.95 Å². The Labute approximate surface area is 180 Å². The molecule has 1 aromatic heterocycles. The minimum Gasteiger partial charge on any atom is -0.497 e. The zero-order valence-corrected chi connectivity index (χ0v) is 20.1. The van der Waals surface area contributed by atoms with Crippen LogP contribution in [0.25, 0.3) is 0 Å². The van der Waals surface area contributed by atoms with Crippen molar-refractivity contribution < 1.29 is 13.2 Å². The fourth-order valence-corrected chi connectivity index (χ4v) is 6.79. The first-order valence-corrected chi connectivity index (χ1v) is 14.8. The third-order valence-corrected chi connectivity index (χ3v) is 8.77. The van der Waals surface area contributed by atoms with Gasteiger partial charge in [0, 0.05) is 18.8 Å². The highest BCUT2D eigenvalue weighted by Crippen LogP contribution is 2.35. The minimum atomic E-state index is -3.71. The van der Waals surface area contributed by atoms with Crippen molar-refractivity contribution in [2.24, 2.45) is 7.05 Å². The molecule has 0 aliphatic heterocycles. The lowest BCUT2D eigenvalue weighted by molar-refractivity contribution is 0.414. The number of imidazole rings is 1. The van der Waals surface area contributed by atoms with Crippen molar-refractivity contribution >= 4 is 24.0 Å². The number of nitrogens with zero attached hydrogens (tertiary/aromatic N) is 2. The topological polar surface area (TPSA) is 73.2 Å². The van der Waals surface area contributed by atoms with Crippen molar-refractivity contribution in [1.29, 1.82) is 0 Å². The second-order valence-corrected chi connectivity index (χ2v) is 15.6. The Balaban J connectivity index is 1.96. The van der Waals surface area contributed by atoms with E-state index in [0.717, 1.165) is 22.6 Å². The lowest BCUT2D eigenvalue weighted by Crippen LogP contribution is -2.32. The van der Waals surface area contributed by atoms with Crippen LogP contribution in [0.4, 0.5) is 5.95 Å². The van der Waals surface area contributed by atoms with Gasteiger partial charge in [-0.25, -0.2) is 18.1 Å².